The van der Waals surface area contributed by atoms with Gasteiger partial charge >= 0.3 is 0 Å². The smallest absolute Gasteiger partial charge is 0.137 e. The summed E-state index contributed by atoms with van der Waals surface area (Å²) in [4.78, 5) is 2.28. The summed E-state index contributed by atoms with van der Waals surface area (Å²) >= 11 is 3.22. The maximum atomic E-state index is 13.2. The second kappa shape index (κ2) is 5.46. The molecule has 0 aromatic heterocycles. The third-order valence-corrected chi connectivity index (χ3v) is 3.93. The van der Waals surface area contributed by atoms with Crippen LogP contribution < -0.4 is 5.73 Å². The summed E-state index contributed by atoms with van der Waals surface area (Å²) < 4.78 is 13.7. The molecule has 0 spiro atoms. The minimum absolute atomic E-state index is 0.174. The van der Waals surface area contributed by atoms with Gasteiger partial charge in [0.2, 0.25) is 0 Å². The van der Waals surface area contributed by atoms with Gasteiger partial charge in [-0.1, -0.05) is 6.07 Å². The molecule has 1 unspecified atom stereocenters. The molecule has 1 aliphatic rings. The lowest BCUT2D eigenvalue weighted by molar-refractivity contribution is 0.240. The van der Waals surface area contributed by atoms with E-state index in [0.717, 1.165) is 18.0 Å². The van der Waals surface area contributed by atoms with Crippen LogP contribution in [0.4, 0.5) is 4.39 Å². The fourth-order valence-electron chi connectivity index (χ4n) is 2.13. The van der Waals surface area contributed by atoms with Crippen LogP contribution in [0.25, 0.3) is 0 Å². The lowest BCUT2D eigenvalue weighted by atomic mass is 10.1. The minimum Gasteiger partial charge on any atom is -0.329 e. The average molecular weight is 301 g/mol. The zero-order valence-electron chi connectivity index (χ0n) is 10.00. The molecule has 2 rings (SSSR count). The molecule has 2 N–H and O–H groups in total. The topological polar surface area (TPSA) is 29.3 Å². The van der Waals surface area contributed by atoms with Crippen LogP contribution in [0.15, 0.2) is 22.7 Å². The zero-order valence-corrected chi connectivity index (χ0v) is 11.6. The normalized spacial score (nSPS) is 17.5. The predicted molar refractivity (Wildman–Crippen MR) is 71.2 cm³/mol. The van der Waals surface area contributed by atoms with Crippen molar-refractivity contribution in [3.63, 3.8) is 0 Å². The third kappa shape index (κ3) is 3.27. The number of nitrogens with two attached hydrogens (primary N) is 1. The zero-order chi connectivity index (χ0) is 12.4. The number of halogens is 2. The Bertz CT molecular complexity index is 393. The molecule has 1 aromatic rings. The Kier molecular flexibility index (Phi) is 4.17. The maximum absolute atomic E-state index is 13.2. The summed E-state index contributed by atoms with van der Waals surface area (Å²) in [5.41, 5.74) is 6.91. The van der Waals surface area contributed by atoms with Gasteiger partial charge in [-0.25, -0.2) is 4.39 Å². The van der Waals surface area contributed by atoms with Gasteiger partial charge in [0.25, 0.3) is 0 Å². The summed E-state index contributed by atoms with van der Waals surface area (Å²) in [6.45, 7) is 1.64. The monoisotopic (exact) mass is 300 g/mol. The van der Waals surface area contributed by atoms with Crippen molar-refractivity contribution >= 4 is 15.9 Å². The highest BCUT2D eigenvalue weighted by atomic mass is 79.9. The van der Waals surface area contributed by atoms with Gasteiger partial charge in [0.1, 0.15) is 5.82 Å². The van der Waals surface area contributed by atoms with Crippen molar-refractivity contribution in [2.75, 3.05) is 20.1 Å². The Morgan fingerprint density at radius 3 is 2.76 bits per heavy atom. The van der Waals surface area contributed by atoms with Crippen LogP contribution in [0.5, 0.6) is 0 Å². The second-order valence-corrected chi connectivity index (χ2v) is 5.66. The summed E-state index contributed by atoms with van der Waals surface area (Å²) in [6, 6.07) is 5.32. The molecule has 0 radical (unpaired) electrons. The Labute approximate surface area is 110 Å². The molecule has 1 atom stereocenters. The molecule has 1 aromatic carbocycles. The first-order chi connectivity index (χ1) is 8.11. The van der Waals surface area contributed by atoms with Gasteiger partial charge in [0, 0.05) is 19.1 Å². The van der Waals surface area contributed by atoms with Crippen LogP contribution in [-0.2, 0) is 0 Å². The van der Waals surface area contributed by atoms with E-state index in [2.05, 4.69) is 27.9 Å². The van der Waals surface area contributed by atoms with Crippen LogP contribution in [0.1, 0.15) is 24.4 Å². The first kappa shape index (κ1) is 13.0. The first-order valence-electron chi connectivity index (χ1n) is 5.97. The summed E-state index contributed by atoms with van der Waals surface area (Å²) in [6.07, 6.45) is 2.66. The van der Waals surface area contributed by atoms with Crippen molar-refractivity contribution in [3.8, 4) is 0 Å². The fourth-order valence-corrected chi connectivity index (χ4v) is 2.52. The molecule has 0 bridgehead atoms. The molecule has 1 aliphatic carbocycles. The van der Waals surface area contributed by atoms with E-state index in [9.17, 15) is 4.39 Å². The van der Waals surface area contributed by atoms with Gasteiger partial charge in [-0.05, 0) is 59.4 Å². The average Bonchev–Trinajstić information content (AvgIpc) is 3.08. The van der Waals surface area contributed by atoms with Gasteiger partial charge in [0.15, 0.2) is 0 Å². The van der Waals surface area contributed by atoms with Crippen molar-refractivity contribution in [2.24, 2.45) is 11.7 Å². The SMILES string of the molecule is CN(CC1CC1)C(CN)c1ccc(F)c(Br)c1. The molecule has 1 fully saturated rings. The Morgan fingerprint density at radius 1 is 1.53 bits per heavy atom. The third-order valence-electron chi connectivity index (χ3n) is 3.33. The first-order valence-corrected chi connectivity index (χ1v) is 6.76. The molecule has 0 saturated heterocycles. The van der Waals surface area contributed by atoms with E-state index in [0.29, 0.717) is 11.0 Å². The van der Waals surface area contributed by atoms with Crippen molar-refractivity contribution in [3.05, 3.63) is 34.1 Å². The number of rotatable bonds is 5. The Morgan fingerprint density at radius 2 is 2.24 bits per heavy atom. The highest BCUT2D eigenvalue weighted by Gasteiger charge is 2.26. The lowest BCUT2D eigenvalue weighted by Gasteiger charge is -2.27. The molecule has 1 saturated carbocycles. The molecule has 0 amide bonds. The molecular formula is C13H18BrFN2. The fraction of sp³-hybridized carbons (Fsp3) is 0.538. The lowest BCUT2D eigenvalue weighted by Crippen LogP contribution is -2.32. The second-order valence-electron chi connectivity index (χ2n) is 4.81. The predicted octanol–water partition coefficient (Wildman–Crippen LogP) is 2.93. The molecule has 0 heterocycles. The van der Waals surface area contributed by atoms with Crippen molar-refractivity contribution < 1.29 is 4.39 Å². The summed E-state index contributed by atoms with van der Waals surface area (Å²) in [7, 11) is 2.09. The van der Waals surface area contributed by atoms with Crippen LogP contribution in [-0.4, -0.2) is 25.0 Å². The van der Waals surface area contributed by atoms with Gasteiger partial charge in [-0.15, -0.1) is 0 Å². The van der Waals surface area contributed by atoms with E-state index in [1.54, 1.807) is 0 Å². The van der Waals surface area contributed by atoms with Crippen LogP contribution in [0.2, 0.25) is 0 Å². The largest absolute Gasteiger partial charge is 0.329 e. The summed E-state index contributed by atoms with van der Waals surface area (Å²) in [5, 5.41) is 0. The van der Waals surface area contributed by atoms with E-state index in [1.807, 2.05) is 12.1 Å². The molecule has 2 nitrogen and oxygen atoms in total. The summed E-state index contributed by atoms with van der Waals surface area (Å²) in [5.74, 6) is 0.604. The number of benzene rings is 1. The van der Waals surface area contributed by atoms with Gasteiger partial charge < -0.3 is 5.73 Å². The minimum atomic E-state index is -0.227. The van der Waals surface area contributed by atoms with Gasteiger partial charge in [-0.3, -0.25) is 4.90 Å². The van der Waals surface area contributed by atoms with E-state index >= 15 is 0 Å². The maximum Gasteiger partial charge on any atom is 0.137 e. The molecular weight excluding hydrogens is 283 g/mol. The van der Waals surface area contributed by atoms with Crippen LogP contribution in [0, 0.1) is 11.7 Å². The quantitative estimate of drug-likeness (QED) is 0.906. The molecule has 0 aliphatic heterocycles. The van der Waals surface area contributed by atoms with Crippen molar-refractivity contribution in [1.82, 2.24) is 4.90 Å². The van der Waals surface area contributed by atoms with Gasteiger partial charge in [-0.2, -0.15) is 0 Å². The molecule has 17 heavy (non-hydrogen) atoms. The standard InChI is InChI=1S/C13H18BrFN2/c1-17(8-9-2-3-9)13(7-16)10-4-5-12(15)11(14)6-10/h4-6,9,13H,2-3,7-8,16H2,1H3. The number of hydrogen-bond acceptors (Lipinski definition) is 2. The number of likely N-dealkylation sites (N-methyl/N-ethyl adjacent to an activating group) is 1. The molecule has 94 valence electrons. The van der Waals surface area contributed by atoms with Crippen LogP contribution in [0.3, 0.4) is 0 Å². The van der Waals surface area contributed by atoms with E-state index in [1.165, 1.54) is 18.9 Å². The Hall–Kier alpha value is -0.450. The number of hydrogen-bond donors (Lipinski definition) is 1. The van der Waals surface area contributed by atoms with Crippen molar-refractivity contribution in [2.45, 2.75) is 18.9 Å². The molecule has 4 heteroatoms. The van der Waals surface area contributed by atoms with Crippen molar-refractivity contribution in [1.29, 1.82) is 0 Å². The van der Waals surface area contributed by atoms with E-state index in [4.69, 9.17) is 5.73 Å². The van der Waals surface area contributed by atoms with E-state index < -0.39 is 0 Å². The number of nitrogens with zero attached hydrogens (tertiary/aromatic N) is 1. The highest BCUT2D eigenvalue weighted by molar-refractivity contribution is 9.10. The highest BCUT2D eigenvalue weighted by Crippen LogP contribution is 2.32. The van der Waals surface area contributed by atoms with Gasteiger partial charge in [0.05, 0.1) is 4.47 Å². The van der Waals surface area contributed by atoms with E-state index in [-0.39, 0.29) is 11.9 Å². The Balaban J connectivity index is 2.12. The van der Waals surface area contributed by atoms with Crippen LogP contribution >= 0.6 is 15.9 Å².